The van der Waals surface area contributed by atoms with Crippen molar-refractivity contribution in [2.24, 2.45) is 0 Å². The number of carbonyl (C=O) groups is 2. The maximum absolute atomic E-state index is 12.4. The lowest BCUT2D eigenvalue weighted by molar-refractivity contribution is -0.121. The molecule has 0 spiro atoms. The number of rotatable bonds is 6. The number of amides is 2. The fraction of sp³-hybridized carbons (Fsp3) is 0.286. The fourth-order valence-corrected chi connectivity index (χ4v) is 3.75. The number of hydrogen-bond donors (Lipinski definition) is 2. The Morgan fingerprint density at radius 2 is 2.17 bits per heavy atom. The number of imidazole rings is 1. The van der Waals surface area contributed by atoms with Gasteiger partial charge in [0.25, 0.3) is 0 Å². The Labute approximate surface area is 173 Å². The van der Waals surface area contributed by atoms with E-state index in [4.69, 9.17) is 16.3 Å². The van der Waals surface area contributed by atoms with Gasteiger partial charge in [-0.1, -0.05) is 23.7 Å². The lowest BCUT2D eigenvalue weighted by Gasteiger charge is -2.19. The highest BCUT2D eigenvalue weighted by molar-refractivity contribution is 6.31. The third-order valence-electron chi connectivity index (χ3n) is 4.95. The molecule has 1 atom stereocenters. The number of aromatic nitrogens is 2. The molecule has 1 unspecified atom stereocenters. The van der Waals surface area contributed by atoms with Gasteiger partial charge in [0.2, 0.25) is 11.8 Å². The topological polar surface area (TPSA) is 87.3 Å². The van der Waals surface area contributed by atoms with E-state index in [9.17, 15) is 9.59 Å². The molecule has 1 fully saturated rings. The van der Waals surface area contributed by atoms with Gasteiger partial charge in [-0.3, -0.25) is 9.59 Å². The van der Waals surface area contributed by atoms with Crippen LogP contribution in [-0.4, -0.2) is 41.5 Å². The summed E-state index contributed by atoms with van der Waals surface area (Å²) in [5.74, 6) is 1.23. The molecule has 2 heterocycles. The first-order chi connectivity index (χ1) is 14.0. The Bertz CT molecular complexity index is 1070. The summed E-state index contributed by atoms with van der Waals surface area (Å²) in [5.41, 5.74) is 2.39. The molecular weight excluding hydrogens is 392 g/mol. The number of anilines is 1. The molecular formula is C21H21ClN4O3. The SMILES string of the molecule is COc1ccccc1N1CC(NC(=O)CCc2nc3ccc(Cl)cc3[nH]2)CC1=O. The van der Waals surface area contributed by atoms with E-state index < -0.39 is 0 Å². The molecule has 2 N–H and O–H groups in total. The molecule has 1 saturated heterocycles. The first-order valence-corrected chi connectivity index (χ1v) is 9.78. The minimum atomic E-state index is -0.227. The Hall–Kier alpha value is -3.06. The van der Waals surface area contributed by atoms with E-state index in [0.717, 1.165) is 22.5 Å². The molecule has 4 rings (SSSR count). The van der Waals surface area contributed by atoms with Gasteiger partial charge in [0.1, 0.15) is 11.6 Å². The average Bonchev–Trinajstić information content (AvgIpc) is 3.28. The predicted molar refractivity (Wildman–Crippen MR) is 111 cm³/mol. The van der Waals surface area contributed by atoms with E-state index in [0.29, 0.717) is 23.7 Å². The summed E-state index contributed by atoms with van der Waals surface area (Å²) < 4.78 is 5.34. The van der Waals surface area contributed by atoms with E-state index in [2.05, 4.69) is 15.3 Å². The quantitative estimate of drug-likeness (QED) is 0.651. The summed E-state index contributed by atoms with van der Waals surface area (Å²) in [6, 6.07) is 12.6. The largest absolute Gasteiger partial charge is 0.495 e. The van der Waals surface area contributed by atoms with E-state index in [1.807, 2.05) is 36.4 Å². The van der Waals surface area contributed by atoms with Crippen molar-refractivity contribution in [1.29, 1.82) is 0 Å². The van der Waals surface area contributed by atoms with Gasteiger partial charge in [-0.05, 0) is 30.3 Å². The van der Waals surface area contributed by atoms with Crippen molar-refractivity contribution in [2.75, 3.05) is 18.6 Å². The Morgan fingerprint density at radius 1 is 1.34 bits per heavy atom. The zero-order valence-corrected chi connectivity index (χ0v) is 16.7. The number of aryl methyl sites for hydroxylation is 1. The second kappa shape index (κ2) is 8.13. The number of carbonyl (C=O) groups excluding carboxylic acids is 2. The maximum atomic E-state index is 12.4. The first-order valence-electron chi connectivity index (χ1n) is 9.40. The van der Waals surface area contributed by atoms with Crippen molar-refractivity contribution in [1.82, 2.24) is 15.3 Å². The van der Waals surface area contributed by atoms with Crippen molar-refractivity contribution < 1.29 is 14.3 Å². The highest BCUT2D eigenvalue weighted by Crippen LogP contribution is 2.31. The normalized spacial score (nSPS) is 16.4. The van der Waals surface area contributed by atoms with Gasteiger partial charge in [-0.15, -0.1) is 0 Å². The van der Waals surface area contributed by atoms with Crippen LogP contribution in [0.15, 0.2) is 42.5 Å². The fourth-order valence-electron chi connectivity index (χ4n) is 3.57. The number of ether oxygens (including phenoxy) is 1. The van der Waals surface area contributed by atoms with Gasteiger partial charge in [0, 0.05) is 30.8 Å². The third-order valence-corrected chi connectivity index (χ3v) is 5.18. The molecule has 1 aliphatic heterocycles. The van der Waals surface area contributed by atoms with Crippen LogP contribution in [0.4, 0.5) is 5.69 Å². The van der Waals surface area contributed by atoms with Crippen LogP contribution in [0.1, 0.15) is 18.7 Å². The zero-order chi connectivity index (χ0) is 20.4. The van der Waals surface area contributed by atoms with Crippen LogP contribution in [0.25, 0.3) is 11.0 Å². The van der Waals surface area contributed by atoms with Crippen LogP contribution in [0.2, 0.25) is 5.02 Å². The molecule has 1 aromatic heterocycles. The van der Waals surface area contributed by atoms with Crippen LogP contribution >= 0.6 is 11.6 Å². The highest BCUT2D eigenvalue weighted by Gasteiger charge is 2.32. The number of nitrogens with zero attached hydrogens (tertiary/aromatic N) is 2. The minimum absolute atomic E-state index is 0.0334. The number of para-hydroxylation sites is 2. The zero-order valence-electron chi connectivity index (χ0n) is 15.9. The number of H-pyrrole nitrogens is 1. The lowest BCUT2D eigenvalue weighted by atomic mass is 10.2. The standard InChI is InChI=1S/C21H21ClN4O3/c1-29-18-5-3-2-4-17(18)26-12-14(11-21(26)28)23-20(27)9-8-19-24-15-7-6-13(22)10-16(15)25-19/h2-7,10,14H,8-9,11-12H2,1H3,(H,23,27)(H,24,25). The van der Waals surface area contributed by atoms with E-state index in [1.54, 1.807) is 18.1 Å². The first kappa shape index (κ1) is 19.3. The number of halogens is 1. The van der Waals surface area contributed by atoms with Gasteiger partial charge in [0.15, 0.2) is 0 Å². The van der Waals surface area contributed by atoms with Gasteiger partial charge >= 0.3 is 0 Å². The lowest BCUT2D eigenvalue weighted by Crippen LogP contribution is -2.37. The van der Waals surface area contributed by atoms with Gasteiger partial charge < -0.3 is 19.9 Å². The summed E-state index contributed by atoms with van der Waals surface area (Å²) >= 11 is 5.99. The smallest absolute Gasteiger partial charge is 0.229 e. The van der Waals surface area contributed by atoms with Crippen LogP contribution < -0.4 is 15.0 Å². The minimum Gasteiger partial charge on any atom is -0.495 e. The molecule has 3 aromatic rings. The number of nitrogens with one attached hydrogen (secondary N) is 2. The second-order valence-corrected chi connectivity index (χ2v) is 7.43. The van der Waals surface area contributed by atoms with Crippen molar-refractivity contribution in [3.8, 4) is 5.75 Å². The van der Waals surface area contributed by atoms with Gasteiger partial charge in [-0.25, -0.2) is 4.98 Å². The summed E-state index contributed by atoms with van der Waals surface area (Å²) in [4.78, 5) is 34.1. The monoisotopic (exact) mass is 412 g/mol. The molecule has 8 heteroatoms. The van der Waals surface area contributed by atoms with Gasteiger partial charge in [-0.2, -0.15) is 0 Å². The van der Waals surface area contributed by atoms with Crippen LogP contribution in [0.5, 0.6) is 5.75 Å². The molecule has 2 aromatic carbocycles. The number of hydrogen-bond acceptors (Lipinski definition) is 4. The van der Waals surface area contributed by atoms with Crippen molar-refractivity contribution in [2.45, 2.75) is 25.3 Å². The van der Waals surface area contributed by atoms with Crippen molar-refractivity contribution >= 4 is 40.1 Å². The Kier molecular flexibility index (Phi) is 5.40. The van der Waals surface area contributed by atoms with E-state index in [1.165, 1.54) is 0 Å². The summed E-state index contributed by atoms with van der Waals surface area (Å²) in [6.07, 6.45) is 1.04. The number of aromatic amines is 1. The number of fused-ring (bicyclic) bond motifs is 1. The summed E-state index contributed by atoms with van der Waals surface area (Å²) in [5, 5.41) is 3.59. The molecule has 2 amide bonds. The second-order valence-electron chi connectivity index (χ2n) is 6.99. The van der Waals surface area contributed by atoms with E-state index >= 15 is 0 Å². The average molecular weight is 413 g/mol. The Balaban J connectivity index is 1.34. The van der Waals surface area contributed by atoms with Crippen LogP contribution in [0.3, 0.4) is 0 Å². The molecule has 0 aliphatic carbocycles. The molecule has 150 valence electrons. The highest BCUT2D eigenvalue weighted by atomic mass is 35.5. The summed E-state index contributed by atoms with van der Waals surface area (Å²) in [7, 11) is 1.57. The van der Waals surface area contributed by atoms with Crippen LogP contribution in [-0.2, 0) is 16.0 Å². The molecule has 0 radical (unpaired) electrons. The van der Waals surface area contributed by atoms with E-state index in [-0.39, 0.29) is 30.7 Å². The van der Waals surface area contributed by atoms with Crippen LogP contribution in [0, 0.1) is 0 Å². The number of benzene rings is 2. The molecule has 29 heavy (non-hydrogen) atoms. The maximum Gasteiger partial charge on any atom is 0.229 e. The molecule has 0 bridgehead atoms. The van der Waals surface area contributed by atoms with Crippen molar-refractivity contribution in [3.63, 3.8) is 0 Å². The molecule has 0 saturated carbocycles. The molecule has 1 aliphatic rings. The summed E-state index contributed by atoms with van der Waals surface area (Å²) in [6.45, 7) is 0.425. The Morgan fingerprint density at radius 3 is 3.00 bits per heavy atom. The number of methoxy groups -OCH3 is 1. The molecule has 7 nitrogen and oxygen atoms in total. The van der Waals surface area contributed by atoms with Gasteiger partial charge in [0.05, 0.1) is 29.9 Å². The van der Waals surface area contributed by atoms with Crippen molar-refractivity contribution in [3.05, 3.63) is 53.3 Å². The predicted octanol–water partition coefficient (Wildman–Crippen LogP) is 3.08. The third kappa shape index (κ3) is 4.19.